The van der Waals surface area contributed by atoms with Crippen molar-refractivity contribution in [3.8, 4) is 0 Å². The van der Waals surface area contributed by atoms with Crippen molar-refractivity contribution in [1.82, 2.24) is 5.32 Å². The minimum atomic E-state index is -3.91. The molecule has 3 N–H and O–H groups in total. The van der Waals surface area contributed by atoms with Crippen molar-refractivity contribution in [2.45, 2.75) is 29.7 Å². The molecule has 0 aliphatic rings. The number of primary sulfonamides is 1. The molecule has 140 valence electrons. The average molecular weight is 396 g/mol. The van der Waals surface area contributed by atoms with Crippen molar-refractivity contribution >= 4 is 25.8 Å². The van der Waals surface area contributed by atoms with E-state index in [-0.39, 0.29) is 15.4 Å². The summed E-state index contributed by atoms with van der Waals surface area (Å²) >= 11 is 0. The second-order valence-electron chi connectivity index (χ2n) is 6.06. The number of sulfonamides is 1. The molecule has 2 rings (SSSR count). The first kappa shape index (κ1) is 20.1. The van der Waals surface area contributed by atoms with Gasteiger partial charge in [-0.25, -0.2) is 22.0 Å². The quantitative estimate of drug-likeness (QED) is 0.793. The van der Waals surface area contributed by atoms with Gasteiger partial charge in [-0.2, -0.15) is 0 Å². The first-order valence-corrected chi connectivity index (χ1v) is 11.1. The van der Waals surface area contributed by atoms with Crippen LogP contribution in [0, 0.1) is 6.92 Å². The Morgan fingerprint density at radius 2 is 1.54 bits per heavy atom. The monoisotopic (exact) mass is 396 g/mol. The lowest BCUT2D eigenvalue weighted by atomic mass is 10.1. The molecule has 0 aliphatic carbocycles. The number of hydrogen-bond acceptors (Lipinski definition) is 5. The molecule has 0 spiro atoms. The Morgan fingerprint density at radius 3 is 2.04 bits per heavy atom. The standard InChI is InChI=1S/C17H20N2O5S2/c1-11-4-7-15(26(18,23)24)10-16(11)17(20)19-12(2)13-5-8-14(9-6-13)25(3,21)22/h4-10,12H,1-3H3,(H,19,20)(H2,18,23,24). The van der Waals surface area contributed by atoms with Crippen LogP contribution in [0.15, 0.2) is 52.3 Å². The van der Waals surface area contributed by atoms with E-state index >= 15 is 0 Å². The van der Waals surface area contributed by atoms with Crippen LogP contribution in [-0.4, -0.2) is 29.0 Å². The maximum atomic E-state index is 12.5. The Bertz CT molecular complexity index is 1040. The molecule has 0 saturated carbocycles. The van der Waals surface area contributed by atoms with Crippen LogP contribution >= 0.6 is 0 Å². The fraction of sp³-hybridized carbons (Fsp3) is 0.235. The molecule has 7 nitrogen and oxygen atoms in total. The topological polar surface area (TPSA) is 123 Å². The van der Waals surface area contributed by atoms with Crippen molar-refractivity contribution in [1.29, 1.82) is 0 Å². The predicted molar refractivity (Wildman–Crippen MR) is 98.0 cm³/mol. The highest BCUT2D eigenvalue weighted by molar-refractivity contribution is 7.90. The summed E-state index contributed by atoms with van der Waals surface area (Å²) in [6.45, 7) is 3.43. The maximum absolute atomic E-state index is 12.5. The van der Waals surface area contributed by atoms with Crippen molar-refractivity contribution in [2.75, 3.05) is 6.26 Å². The lowest BCUT2D eigenvalue weighted by Crippen LogP contribution is -2.27. The molecule has 2 aromatic rings. The van der Waals surface area contributed by atoms with E-state index in [0.29, 0.717) is 11.1 Å². The fourth-order valence-corrected chi connectivity index (χ4v) is 3.55. The minimum absolute atomic E-state index is 0.140. The normalized spacial score (nSPS) is 13.2. The number of amides is 1. The summed E-state index contributed by atoms with van der Waals surface area (Å²) in [6.07, 6.45) is 1.12. The Morgan fingerprint density at radius 1 is 1.00 bits per heavy atom. The second kappa shape index (κ2) is 7.18. The molecular formula is C17H20N2O5S2. The summed E-state index contributed by atoms with van der Waals surface area (Å²) in [5, 5.41) is 7.87. The summed E-state index contributed by atoms with van der Waals surface area (Å²) in [5.41, 5.74) is 1.52. The number of nitrogens with one attached hydrogen (secondary N) is 1. The van der Waals surface area contributed by atoms with Crippen LogP contribution in [0.4, 0.5) is 0 Å². The molecule has 0 radical (unpaired) electrons. The van der Waals surface area contributed by atoms with Gasteiger partial charge in [-0.1, -0.05) is 18.2 Å². The van der Waals surface area contributed by atoms with Gasteiger partial charge in [0.25, 0.3) is 5.91 Å². The number of nitrogens with two attached hydrogens (primary N) is 1. The van der Waals surface area contributed by atoms with Crippen LogP contribution in [0.5, 0.6) is 0 Å². The van der Waals surface area contributed by atoms with E-state index in [2.05, 4.69) is 5.32 Å². The number of sulfone groups is 1. The third-order valence-electron chi connectivity index (χ3n) is 3.94. The number of carbonyl (C=O) groups is 1. The van der Waals surface area contributed by atoms with Crippen LogP contribution in [0.1, 0.15) is 34.5 Å². The zero-order chi connectivity index (χ0) is 19.7. The molecular weight excluding hydrogens is 376 g/mol. The Balaban J connectivity index is 2.24. The Labute approximate surface area is 153 Å². The van der Waals surface area contributed by atoms with E-state index in [0.717, 1.165) is 6.26 Å². The smallest absolute Gasteiger partial charge is 0.252 e. The number of carbonyl (C=O) groups excluding carboxylic acids is 1. The maximum Gasteiger partial charge on any atom is 0.252 e. The SMILES string of the molecule is Cc1ccc(S(N)(=O)=O)cc1C(=O)NC(C)c1ccc(S(C)(=O)=O)cc1. The lowest BCUT2D eigenvalue weighted by molar-refractivity contribution is 0.0939. The third kappa shape index (κ3) is 4.69. The van der Waals surface area contributed by atoms with Gasteiger partial charge in [0.05, 0.1) is 15.8 Å². The molecule has 9 heteroatoms. The van der Waals surface area contributed by atoms with Gasteiger partial charge >= 0.3 is 0 Å². The van der Waals surface area contributed by atoms with Crippen molar-refractivity contribution < 1.29 is 21.6 Å². The average Bonchev–Trinajstić information content (AvgIpc) is 2.53. The lowest BCUT2D eigenvalue weighted by Gasteiger charge is -2.16. The number of aryl methyl sites for hydroxylation is 1. The van der Waals surface area contributed by atoms with Gasteiger partial charge in [0.15, 0.2) is 9.84 Å². The molecule has 1 amide bonds. The summed E-state index contributed by atoms with van der Waals surface area (Å²) in [5.74, 6) is -0.451. The second-order valence-corrected chi connectivity index (χ2v) is 9.64. The molecule has 0 bridgehead atoms. The van der Waals surface area contributed by atoms with E-state index in [1.54, 1.807) is 26.0 Å². The Hall–Kier alpha value is -2.23. The number of benzene rings is 2. The highest BCUT2D eigenvalue weighted by Gasteiger charge is 2.17. The molecule has 26 heavy (non-hydrogen) atoms. The summed E-state index contributed by atoms with van der Waals surface area (Å²) in [4.78, 5) is 12.6. The van der Waals surface area contributed by atoms with E-state index in [9.17, 15) is 21.6 Å². The van der Waals surface area contributed by atoms with Crippen LogP contribution in [0.2, 0.25) is 0 Å². The summed E-state index contributed by atoms with van der Waals surface area (Å²) < 4.78 is 45.9. The molecule has 1 atom stereocenters. The van der Waals surface area contributed by atoms with Crippen LogP contribution in [0.3, 0.4) is 0 Å². The van der Waals surface area contributed by atoms with Gasteiger partial charge in [-0.05, 0) is 49.2 Å². The highest BCUT2D eigenvalue weighted by Crippen LogP contribution is 2.19. The summed E-state index contributed by atoms with van der Waals surface area (Å²) in [7, 11) is -7.20. The zero-order valence-corrected chi connectivity index (χ0v) is 16.2. The predicted octanol–water partition coefficient (Wildman–Crippen LogP) is 1.54. The van der Waals surface area contributed by atoms with Crippen LogP contribution in [0.25, 0.3) is 0 Å². The summed E-state index contributed by atoms with van der Waals surface area (Å²) in [6, 6.07) is 9.87. The van der Waals surface area contributed by atoms with Crippen molar-refractivity contribution in [2.24, 2.45) is 5.14 Å². The highest BCUT2D eigenvalue weighted by atomic mass is 32.2. The van der Waals surface area contributed by atoms with E-state index < -0.39 is 31.8 Å². The van der Waals surface area contributed by atoms with E-state index in [1.807, 2.05) is 0 Å². The van der Waals surface area contributed by atoms with Gasteiger partial charge < -0.3 is 5.32 Å². The Kier molecular flexibility index (Phi) is 5.55. The van der Waals surface area contributed by atoms with Gasteiger partial charge in [0.2, 0.25) is 10.0 Å². The minimum Gasteiger partial charge on any atom is -0.346 e. The molecule has 0 heterocycles. The largest absolute Gasteiger partial charge is 0.346 e. The molecule has 0 aliphatic heterocycles. The number of rotatable bonds is 5. The van der Waals surface area contributed by atoms with Crippen LogP contribution < -0.4 is 10.5 Å². The van der Waals surface area contributed by atoms with Gasteiger partial charge in [-0.3, -0.25) is 4.79 Å². The molecule has 0 saturated heterocycles. The first-order chi connectivity index (χ1) is 11.9. The zero-order valence-electron chi connectivity index (χ0n) is 14.6. The van der Waals surface area contributed by atoms with Crippen molar-refractivity contribution in [3.63, 3.8) is 0 Å². The van der Waals surface area contributed by atoms with Crippen LogP contribution in [-0.2, 0) is 19.9 Å². The van der Waals surface area contributed by atoms with E-state index in [4.69, 9.17) is 5.14 Å². The third-order valence-corrected chi connectivity index (χ3v) is 5.98. The van der Waals surface area contributed by atoms with Gasteiger partial charge in [-0.15, -0.1) is 0 Å². The molecule has 1 unspecified atom stereocenters. The molecule has 0 fully saturated rings. The number of hydrogen-bond donors (Lipinski definition) is 2. The first-order valence-electron chi connectivity index (χ1n) is 7.64. The van der Waals surface area contributed by atoms with Gasteiger partial charge in [0, 0.05) is 11.8 Å². The van der Waals surface area contributed by atoms with Gasteiger partial charge in [0.1, 0.15) is 0 Å². The van der Waals surface area contributed by atoms with E-state index in [1.165, 1.54) is 30.3 Å². The molecule has 2 aromatic carbocycles. The molecule has 0 aromatic heterocycles. The van der Waals surface area contributed by atoms with Crippen molar-refractivity contribution in [3.05, 3.63) is 59.2 Å². The fourth-order valence-electron chi connectivity index (χ4n) is 2.38.